The van der Waals surface area contributed by atoms with Gasteiger partial charge in [0.1, 0.15) is 24.7 Å². The number of carbonyl (C=O) groups excluding carboxylic acids is 7. The van der Waals surface area contributed by atoms with Gasteiger partial charge in [0.15, 0.2) is 11.5 Å². The highest BCUT2D eigenvalue weighted by Gasteiger charge is 2.55. The highest BCUT2D eigenvalue weighted by Crippen LogP contribution is 2.57. The number of esters is 1. The average molecular weight is 1450 g/mol. The van der Waals surface area contributed by atoms with E-state index in [2.05, 4.69) is 47.8 Å². The number of anilines is 3. The van der Waals surface area contributed by atoms with Crippen LogP contribution in [0.2, 0.25) is 0 Å². The van der Waals surface area contributed by atoms with Crippen LogP contribution in [0, 0.1) is 11.2 Å². The monoisotopic (exact) mass is 1450 g/mol. The number of fused-ring (bicyclic) bond motifs is 2. The highest BCUT2D eigenvalue weighted by molar-refractivity contribution is 6.00. The summed E-state index contributed by atoms with van der Waals surface area (Å²) in [5, 5.41) is 19.2. The molecule has 3 aromatic heterocycles. The Morgan fingerprint density at radius 1 is 0.654 bits per heavy atom. The molecule has 30 nitrogen and oxygen atoms in total. The van der Waals surface area contributed by atoms with E-state index in [-0.39, 0.29) is 73.8 Å². The number of primary amides is 1. The minimum absolute atomic E-state index is 0.0493. The number of aryl methyl sites for hydroxylation is 1. The quantitative estimate of drug-likeness (QED) is 0.0299. The first kappa shape index (κ1) is 77.8. The number of methoxy groups -OCH3 is 1. The number of rotatable bonds is 43. The van der Waals surface area contributed by atoms with Crippen LogP contribution >= 0.6 is 0 Å². The molecule has 6 aromatic rings. The molecule has 31 heteroatoms. The number of halogens is 1. The lowest BCUT2D eigenvalue weighted by molar-refractivity contribution is -0.152. The molecule has 0 bridgehead atoms. The van der Waals surface area contributed by atoms with Gasteiger partial charge >= 0.3 is 5.97 Å². The van der Waals surface area contributed by atoms with E-state index in [1.807, 2.05) is 29.2 Å². The van der Waals surface area contributed by atoms with Crippen LogP contribution in [0.5, 0.6) is 0 Å². The summed E-state index contributed by atoms with van der Waals surface area (Å²) < 4.78 is 68.6. The number of hydrogen-bond acceptors (Lipinski definition) is 22. The molecule has 5 N–H and O–H groups in total. The van der Waals surface area contributed by atoms with Gasteiger partial charge in [-0.15, -0.1) is 0 Å². The first-order valence-electron chi connectivity index (χ1n) is 36.0. The maximum atomic E-state index is 16.0. The summed E-state index contributed by atoms with van der Waals surface area (Å²) in [5.41, 5.74) is 10.7. The van der Waals surface area contributed by atoms with Crippen molar-refractivity contribution in [2.24, 2.45) is 18.2 Å². The van der Waals surface area contributed by atoms with Gasteiger partial charge in [-0.3, -0.25) is 42.9 Å². The molecule has 4 fully saturated rings. The Morgan fingerprint density at radius 2 is 1.26 bits per heavy atom. The van der Waals surface area contributed by atoms with Crippen molar-refractivity contribution in [1.82, 2.24) is 54.9 Å². The second kappa shape index (κ2) is 39.3. The number of nitrogens with one attached hydrogen (secondary N) is 3. The van der Waals surface area contributed by atoms with Gasteiger partial charge in [-0.2, -0.15) is 10.2 Å². The minimum atomic E-state index is -0.637. The molecule has 3 aliphatic heterocycles. The van der Waals surface area contributed by atoms with Crippen LogP contribution in [0.3, 0.4) is 0 Å². The van der Waals surface area contributed by atoms with Gasteiger partial charge in [-0.25, -0.2) is 14.4 Å². The highest BCUT2D eigenvalue weighted by atomic mass is 19.1. The van der Waals surface area contributed by atoms with E-state index < -0.39 is 29.5 Å². The zero-order valence-corrected chi connectivity index (χ0v) is 59.9. The van der Waals surface area contributed by atoms with Crippen molar-refractivity contribution in [2.75, 3.05) is 189 Å². The molecular weight excluding hydrogens is 1350 g/mol. The molecule has 1 spiro atoms. The summed E-state index contributed by atoms with van der Waals surface area (Å²) in [5.74, 6) is -1.51. The topological polar surface area (TPSA) is 339 Å². The van der Waals surface area contributed by atoms with E-state index in [4.69, 9.17) is 53.7 Å². The van der Waals surface area contributed by atoms with Crippen molar-refractivity contribution in [2.45, 2.75) is 82.6 Å². The van der Waals surface area contributed by atoms with Crippen LogP contribution in [0.25, 0.3) is 32.9 Å². The number of piperidine rings is 2. The van der Waals surface area contributed by atoms with Crippen LogP contribution in [0.4, 0.5) is 21.7 Å². The van der Waals surface area contributed by atoms with Crippen LogP contribution in [0.15, 0.2) is 67.0 Å². The van der Waals surface area contributed by atoms with Crippen molar-refractivity contribution in [3.8, 4) is 11.1 Å². The van der Waals surface area contributed by atoms with E-state index in [0.717, 1.165) is 68.6 Å². The number of amides is 6. The summed E-state index contributed by atoms with van der Waals surface area (Å²) in [6.07, 6.45) is 10.2. The number of ether oxygens (including phenoxy) is 9. The van der Waals surface area contributed by atoms with Crippen molar-refractivity contribution in [3.05, 3.63) is 89.8 Å². The summed E-state index contributed by atoms with van der Waals surface area (Å²) >= 11 is 0. The molecule has 6 heterocycles. The van der Waals surface area contributed by atoms with E-state index in [1.54, 1.807) is 45.8 Å². The van der Waals surface area contributed by atoms with Gasteiger partial charge in [0.05, 0.1) is 155 Å². The zero-order valence-electron chi connectivity index (χ0n) is 59.9. The van der Waals surface area contributed by atoms with Gasteiger partial charge in [0.2, 0.25) is 29.5 Å². The summed E-state index contributed by atoms with van der Waals surface area (Å²) in [7, 11) is 4.49. The van der Waals surface area contributed by atoms with Crippen molar-refractivity contribution < 1.29 is 80.6 Å². The smallest absolute Gasteiger partial charge is 0.325 e. The Morgan fingerprint density at radius 3 is 1.88 bits per heavy atom. The summed E-state index contributed by atoms with van der Waals surface area (Å²) in [6.45, 7) is 10.0. The van der Waals surface area contributed by atoms with Gasteiger partial charge in [-0.05, 0) is 92.3 Å². The molecule has 10 rings (SSSR count). The summed E-state index contributed by atoms with van der Waals surface area (Å²) in [6, 6.07) is 16.8. The fraction of sp³-hybridized carbons (Fsp3) is 0.575. The van der Waals surface area contributed by atoms with E-state index in [9.17, 15) is 33.6 Å². The second-order valence-electron chi connectivity index (χ2n) is 26.6. The molecule has 0 radical (unpaired) electrons. The van der Waals surface area contributed by atoms with Gasteiger partial charge < -0.3 is 83.9 Å². The lowest BCUT2D eigenvalue weighted by Gasteiger charge is -2.59. The lowest BCUT2D eigenvalue weighted by atomic mass is 9.56. The Balaban J connectivity index is 0.486. The molecule has 6 amide bonds. The maximum Gasteiger partial charge on any atom is 0.325 e. The molecule has 1 saturated carbocycles. The predicted octanol–water partition coefficient (Wildman–Crippen LogP) is 4.63. The zero-order chi connectivity index (χ0) is 73.2. The third kappa shape index (κ3) is 22.1. The number of aromatic nitrogens is 6. The van der Waals surface area contributed by atoms with Gasteiger partial charge in [0, 0.05) is 106 Å². The SMILES string of the molecule is COC(=O)CNC(=O)CN(C)C(=O)Cn1nc(C2CC3(C2)CN(C(=O)CCC(=O)NCCOCCOCCOCCOCCOCCOCCOCCOCCC(=O)N2CCC(c4ccc(Nc5nc(N6CCCCC6)cnc5C(N)=O)cc4)CC2)C3)c2c(-c3cc4c(cnn4C)cc3F)cccc21. The predicted molar refractivity (Wildman–Crippen MR) is 381 cm³/mol. The van der Waals surface area contributed by atoms with Crippen LogP contribution < -0.4 is 26.6 Å². The lowest BCUT2D eigenvalue weighted by Crippen LogP contribution is -2.63. The fourth-order valence-corrected chi connectivity index (χ4v) is 13.5. The molecule has 0 unspecified atom stereocenters. The Labute approximate surface area is 604 Å². The normalized spacial score (nSPS) is 15.3. The second-order valence-corrected chi connectivity index (χ2v) is 26.6. The molecular formula is C73H99FN14O16. The summed E-state index contributed by atoms with van der Waals surface area (Å²) in [4.78, 5) is 105. The minimum Gasteiger partial charge on any atom is -0.468 e. The van der Waals surface area contributed by atoms with Crippen LogP contribution in [-0.4, -0.2) is 264 Å². The van der Waals surface area contributed by atoms with Gasteiger partial charge in [0.25, 0.3) is 5.91 Å². The first-order valence-corrected chi connectivity index (χ1v) is 36.0. The van der Waals surface area contributed by atoms with E-state index >= 15 is 4.39 Å². The number of hydrogen-bond donors (Lipinski definition) is 4. The third-order valence-electron chi connectivity index (χ3n) is 19.2. The van der Waals surface area contributed by atoms with Crippen molar-refractivity contribution >= 4 is 80.5 Å². The maximum absolute atomic E-state index is 16.0. The molecule has 4 aliphatic rings. The van der Waals surface area contributed by atoms with Crippen LogP contribution in [0.1, 0.15) is 97.8 Å². The van der Waals surface area contributed by atoms with Gasteiger partial charge in [-0.1, -0.05) is 24.3 Å². The Hall–Kier alpha value is -8.82. The average Bonchev–Trinajstić information content (AvgIpc) is 1.41. The Kier molecular flexibility index (Phi) is 29.4. The number of benzene rings is 3. The number of carbonyl (C=O) groups is 7. The fourth-order valence-electron chi connectivity index (χ4n) is 13.5. The molecule has 3 aromatic carbocycles. The van der Waals surface area contributed by atoms with Crippen LogP contribution in [-0.2, 0) is 85.0 Å². The van der Waals surface area contributed by atoms with Crippen molar-refractivity contribution in [3.63, 3.8) is 0 Å². The molecule has 0 atom stereocenters. The van der Waals surface area contributed by atoms with Crippen molar-refractivity contribution in [1.29, 1.82) is 0 Å². The molecule has 104 heavy (non-hydrogen) atoms. The van der Waals surface area contributed by atoms with E-state index in [0.29, 0.717) is 183 Å². The first-order chi connectivity index (χ1) is 50.5. The standard InChI is InChI=1S/C73H99FN14O16/c1-83(47-63(90)77-46-67(94)96-3)66(93)48-88-59-9-7-8-56(57-41-60-53(40-58(57)74)44-79-84(60)2)68(59)69(82-88)54-42-73(43-54)49-87(50-73)64(91)15-14-62(89)76-19-25-98-27-29-100-31-33-102-35-37-104-39-38-103-36-34-101-32-30-99-28-26-97-24-18-65(92)86-22-16-52(17-23-86)51-10-12-55(13-11-51)80-72-70(71(75)95)78-45-61(81-72)85-20-5-4-6-21-85/h7-13,40-41,44-45,52,54H,4-6,14-39,42-43,46-50H2,1-3H3,(H2,75,95)(H,76,89)(H,77,90)(H,80,81). The Bertz CT molecular complexity index is 3830. The molecule has 564 valence electrons. The van der Waals surface area contributed by atoms with E-state index in [1.165, 1.54) is 37.1 Å². The number of likely N-dealkylation sites (N-methyl/N-ethyl adjacent to an activating group) is 1. The number of nitrogens with zero attached hydrogens (tertiary/aromatic N) is 10. The molecule has 1 aliphatic carbocycles. The third-order valence-corrected chi connectivity index (χ3v) is 19.2. The number of likely N-dealkylation sites (tertiary alicyclic amines) is 2. The largest absolute Gasteiger partial charge is 0.468 e. The molecule has 3 saturated heterocycles. The number of nitrogens with two attached hydrogens (primary N) is 1.